The fourth-order valence-corrected chi connectivity index (χ4v) is 2.21. The molecule has 2 N–H and O–H groups in total. The Morgan fingerprint density at radius 1 is 1.47 bits per heavy atom. The van der Waals surface area contributed by atoms with E-state index in [-0.39, 0.29) is 5.75 Å². The van der Waals surface area contributed by atoms with Crippen molar-refractivity contribution in [3.8, 4) is 0 Å². The van der Waals surface area contributed by atoms with Gasteiger partial charge in [-0.1, -0.05) is 17.1 Å². The Kier molecular flexibility index (Phi) is 3.07. The minimum atomic E-state index is -1.96. The number of rotatable bonds is 4. The van der Waals surface area contributed by atoms with E-state index < -0.39 is 11.1 Å². The lowest BCUT2D eigenvalue weighted by molar-refractivity contribution is 0.536. The van der Waals surface area contributed by atoms with E-state index in [1.165, 1.54) is 18.4 Å². The van der Waals surface area contributed by atoms with Crippen LogP contribution in [0.4, 0.5) is 5.69 Å². The third-order valence-corrected chi connectivity index (χ3v) is 3.26. The summed E-state index contributed by atoms with van der Waals surface area (Å²) < 4.78 is 21.0. The third kappa shape index (κ3) is 2.79. The summed E-state index contributed by atoms with van der Waals surface area (Å²) in [5.41, 5.74) is 8.80. The van der Waals surface area contributed by atoms with Gasteiger partial charge in [0.05, 0.1) is 0 Å². The van der Waals surface area contributed by atoms with E-state index in [0.29, 0.717) is 18.0 Å². The largest absolute Gasteiger partial charge is 0.772 e. The van der Waals surface area contributed by atoms with E-state index in [9.17, 15) is 8.76 Å². The molecule has 1 unspecified atom stereocenters. The van der Waals surface area contributed by atoms with Gasteiger partial charge in [0.1, 0.15) is 0 Å². The lowest BCUT2D eigenvalue weighted by Crippen LogP contribution is -2.03. The maximum atomic E-state index is 10.5. The first-order valence-corrected chi connectivity index (χ1v) is 6.35. The molecule has 3 nitrogen and oxygen atoms in total. The van der Waals surface area contributed by atoms with Crippen molar-refractivity contribution in [3.63, 3.8) is 0 Å². The summed E-state index contributed by atoms with van der Waals surface area (Å²) in [6.07, 6.45) is 3.02. The number of aryl methyl sites for hydroxylation is 1. The monoisotopic (exact) mass is 224 g/mol. The molecule has 1 aliphatic rings. The molecule has 1 atom stereocenters. The molecule has 0 amide bonds. The lowest BCUT2D eigenvalue weighted by Gasteiger charge is -2.11. The van der Waals surface area contributed by atoms with Crippen molar-refractivity contribution in [3.05, 3.63) is 29.3 Å². The Morgan fingerprint density at radius 3 is 2.80 bits per heavy atom. The number of hydrogen-bond acceptors (Lipinski definition) is 3. The van der Waals surface area contributed by atoms with Crippen LogP contribution in [0.25, 0.3) is 0 Å². The second-order valence-electron chi connectivity index (χ2n) is 3.99. The van der Waals surface area contributed by atoms with Crippen molar-refractivity contribution in [1.29, 1.82) is 0 Å². The van der Waals surface area contributed by atoms with Crippen molar-refractivity contribution in [2.45, 2.75) is 25.2 Å². The summed E-state index contributed by atoms with van der Waals surface area (Å²) in [5, 5.41) is 0. The van der Waals surface area contributed by atoms with Crippen molar-refractivity contribution >= 4 is 16.8 Å². The summed E-state index contributed by atoms with van der Waals surface area (Å²) in [4.78, 5) is 0. The highest BCUT2D eigenvalue weighted by atomic mass is 32.2. The average Bonchev–Trinajstić information content (AvgIpc) is 2.98. The number of benzene rings is 1. The van der Waals surface area contributed by atoms with Gasteiger partial charge in [0, 0.05) is 11.4 Å². The van der Waals surface area contributed by atoms with Gasteiger partial charge in [-0.2, -0.15) is 0 Å². The first-order valence-electron chi connectivity index (χ1n) is 5.11. The van der Waals surface area contributed by atoms with Crippen LogP contribution in [0.3, 0.4) is 0 Å². The van der Waals surface area contributed by atoms with Gasteiger partial charge in [-0.15, -0.1) is 0 Å². The Morgan fingerprint density at radius 2 is 2.20 bits per heavy atom. The molecular formula is C11H14NO2S-. The summed E-state index contributed by atoms with van der Waals surface area (Å²) in [6, 6.07) is 5.84. The molecule has 4 heteroatoms. The number of nitrogen functional groups attached to an aromatic ring is 1. The average molecular weight is 224 g/mol. The van der Waals surface area contributed by atoms with Gasteiger partial charge in [0.15, 0.2) is 0 Å². The minimum Gasteiger partial charge on any atom is -0.772 e. The molecule has 0 aliphatic heterocycles. The standard InChI is InChI=1S/C11H15NO2S/c12-10-3-4-11(8-1-2-8)9(7-10)5-6-15(13)14/h3-4,7-8H,1-2,5-6,12H2,(H,13,14)/p-1. The molecule has 0 saturated heterocycles. The molecule has 0 spiro atoms. The molecule has 0 radical (unpaired) electrons. The molecule has 15 heavy (non-hydrogen) atoms. The topological polar surface area (TPSA) is 66.2 Å². The van der Waals surface area contributed by atoms with Crippen molar-refractivity contribution in [2.75, 3.05) is 11.5 Å². The van der Waals surface area contributed by atoms with Crippen molar-refractivity contribution in [2.24, 2.45) is 0 Å². The summed E-state index contributed by atoms with van der Waals surface area (Å²) in [6.45, 7) is 0. The molecule has 1 fully saturated rings. The van der Waals surface area contributed by atoms with E-state index in [1.807, 2.05) is 18.2 Å². The van der Waals surface area contributed by atoms with Crippen LogP contribution >= 0.6 is 0 Å². The lowest BCUT2D eigenvalue weighted by atomic mass is 10.0. The molecule has 1 saturated carbocycles. The van der Waals surface area contributed by atoms with Crippen LogP contribution in [0, 0.1) is 0 Å². The second-order valence-corrected chi connectivity index (χ2v) is 5.01. The Balaban J connectivity index is 2.18. The number of anilines is 1. The number of hydrogen-bond donors (Lipinski definition) is 1. The predicted molar refractivity (Wildman–Crippen MR) is 60.3 cm³/mol. The van der Waals surface area contributed by atoms with Crippen LogP contribution in [-0.2, 0) is 17.5 Å². The quantitative estimate of drug-likeness (QED) is 0.623. The molecule has 2 rings (SSSR count). The van der Waals surface area contributed by atoms with Crippen molar-refractivity contribution < 1.29 is 8.76 Å². The molecule has 1 aromatic carbocycles. The second kappa shape index (κ2) is 4.33. The summed E-state index contributed by atoms with van der Waals surface area (Å²) >= 11 is -1.96. The molecule has 0 bridgehead atoms. The van der Waals surface area contributed by atoms with Gasteiger partial charge in [-0.05, 0) is 48.4 Å². The maximum Gasteiger partial charge on any atom is 0.0316 e. The van der Waals surface area contributed by atoms with Gasteiger partial charge in [0.25, 0.3) is 0 Å². The molecule has 82 valence electrons. The van der Waals surface area contributed by atoms with Gasteiger partial charge in [-0.25, -0.2) is 0 Å². The van der Waals surface area contributed by atoms with Gasteiger partial charge < -0.3 is 10.3 Å². The highest BCUT2D eigenvalue weighted by molar-refractivity contribution is 7.79. The van der Waals surface area contributed by atoms with Crippen LogP contribution in [0.1, 0.15) is 29.9 Å². The van der Waals surface area contributed by atoms with Crippen LogP contribution in [0.15, 0.2) is 18.2 Å². The zero-order chi connectivity index (χ0) is 10.8. The number of nitrogens with two attached hydrogens (primary N) is 1. The molecular weight excluding hydrogens is 210 g/mol. The molecule has 0 aromatic heterocycles. The molecule has 1 aliphatic carbocycles. The van der Waals surface area contributed by atoms with E-state index in [2.05, 4.69) is 0 Å². The molecule has 1 aromatic rings. The van der Waals surface area contributed by atoms with Crippen LogP contribution in [0.2, 0.25) is 0 Å². The van der Waals surface area contributed by atoms with E-state index in [4.69, 9.17) is 5.73 Å². The summed E-state index contributed by atoms with van der Waals surface area (Å²) in [7, 11) is 0. The third-order valence-electron chi connectivity index (χ3n) is 2.72. The summed E-state index contributed by atoms with van der Waals surface area (Å²) in [5.74, 6) is 0.823. The molecule has 0 heterocycles. The zero-order valence-corrected chi connectivity index (χ0v) is 9.26. The predicted octanol–water partition coefficient (Wildman–Crippen LogP) is 1.57. The SMILES string of the molecule is Nc1ccc(C2CC2)c(CCS(=O)[O-])c1. The van der Waals surface area contributed by atoms with Crippen LogP contribution in [-0.4, -0.2) is 14.5 Å². The zero-order valence-electron chi connectivity index (χ0n) is 8.44. The Bertz CT molecular complexity index is 388. The normalized spacial score (nSPS) is 17.7. The highest BCUT2D eigenvalue weighted by Crippen LogP contribution is 2.42. The fraction of sp³-hybridized carbons (Fsp3) is 0.455. The van der Waals surface area contributed by atoms with E-state index >= 15 is 0 Å². The van der Waals surface area contributed by atoms with Crippen LogP contribution < -0.4 is 5.73 Å². The minimum absolute atomic E-state index is 0.184. The van der Waals surface area contributed by atoms with Gasteiger partial charge >= 0.3 is 0 Å². The van der Waals surface area contributed by atoms with Crippen molar-refractivity contribution in [1.82, 2.24) is 0 Å². The van der Waals surface area contributed by atoms with E-state index in [1.54, 1.807) is 0 Å². The fourth-order valence-electron chi connectivity index (χ4n) is 1.83. The smallest absolute Gasteiger partial charge is 0.0316 e. The van der Waals surface area contributed by atoms with Gasteiger partial charge in [0.2, 0.25) is 0 Å². The van der Waals surface area contributed by atoms with Crippen LogP contribution in [0.5, 0.6) is 0 Å². The van der Waals surface area contributed by atoms with Gasteiger partial charge in [-0.3, -0.25) is 4.21 Å². The van der Waals surface area contributed by atoms with E-state index in [0.717, 1.165) is 5.56 Å². The maximum absolute atomic E-state index is 10.5. The first kappa shape index (κ1) is 10.6. The Labute approximate surface area is 92.0 Å². The first-order chi connectivity index (χ1) is 7.16. The Hall–Kier alpha value is -0.870. The highest BCUT2D eigenvalue weighted by Gasteiger charge is 2.25.